The highest BCUT2D eigenvalue weighted by Gasteiger charge is 2.33. The fourth-order valence-corrected chi connectivity index (χ4v) is 0.518. The molecule has 0 atom stereocenters. The van der Waals surface area contributed by atoms with Gasteiger partial charge in [-0.25, -0.2) is 0 Å². The SMILES string of the molecule is O=C1[C]N(CC(F)(F)F)N=[C]1. The van der Waals surface area contributed by atoms with E-state index in [1.807, 2.05) is 6.54 Å². The lowest BCUT2D eigenvalue weighted by molar-refractivity contribution is -0.142. The number of ketones is 1. The third kappa shape index (κ3) is 2.57. The van der Waals surface area contributed by atoms with Crippen molar-refractivity contribution in [3.05, 3.63) is 6.54 Å². The van der Waals surface area contributed by atoms with E-state index in [9.17, 15) is 18.0 Å². The molecule has 0 unspecified atom stereocenters. The fourth-order valence-electron chi connectivity index (χ4n) is 0.518. The van der Waals surface area contributed by atoms with Gasteiger partial charge >= 0.3 is 6.18 Å². The summed E-state index contributed by atoms with van der Waals surface area (Å²) in [5.74, 6) is -0.769. The van der Waals surface area contributed by atoms with Crippen LogP contribution in [0, 0.1) is 6.54 Å². The molecule has 3 radical (unpaired) electrons. The minimum Gasteiger partial charge on any atom is -0.289 e. The smallest absolute Gasteiger partial charge is 0.289 e. The zero-order chi connectivity index (χ0) is 8.48. The third-order valence-electron chi connectivity index (χ3n) is 0.832. The first-order valence-corrected chi connectivity index (χ1v) is 2.59. The van der Waals surface area contributed by atoms with Gasteiger partial charge in [-0.1, -0.05) is 0 Å². The summed E-state index contributed by atoms with van der Waals surface area (Å²) < 4.78 is 34.7. The highest BCUT2D eigenvalue weighted by Crippen LogP contribution is 2.18. The molecule has 1 rings (SSSR count). The molecule has 0 amide bonds. The van der Waals surface area contributed by atoms with Gasteiger partial charge in [-0.2, -0.15) is 18.3 Å². The molecule has 3 nitrogen and oxygen atoms in total. The summed E-state index contributed by atoms with van der Waals surface area (Å²) >= 11 is 0. The molecule has 0 fully saturated rings. The molecule has 0 aliphatic carbocycles. The minimum absolute atomic E-state index is 0.377. The van der Waals surface area contributed by atoms with E-state index in [4.69, 9.17) is 0 Å². The highest BCUT2D eigenvalue weighted by molar-refractivity contribution is 6.32. The summed E-state index contributed by atoms with van der Waals surface area (Å²) in [5, 5.41) is 3.38. The van der Waals surface area contributed by atoms with E-state index in [1.54, 1.807) is 6.21 Å². The summed E-state index contributed by atoms with van der Waals surface area (Å²) in [4.78, 5) is 10.2. The van der Waals surface area contributed by atoms with Crippen molar-refractivity contribution in [3.63, 3.8) is 0 Å². The normalized spacial score (nSPS) is 18.1. The molecule has 0 aromatic rings. The monoisotopic (exact) mass is 163 g/mol. The molecule has 0 N–H and O–H groups in total. The first-order chi connectivity index (χ1) is 4.97. The van der Waals surface area contributed by atoms with Gasteiger partial charge < -0.3 is 0 Å². The molecule has 1 heterocycles. The second kappa shape index (κ2) is 2.52. The number of hydrogen-bond acceptors (Lipinski definition) is 3. The number of alkyl halides is 3. The van der Waals surface area contributed by atoms with E-state index in [2.05, 4.69) is 5.10 Å². The van der Waals surface area contributed by atoms with Crippen molar-refractivity contribution in [1.82, 2.24) is 5.01 Å². The maximum Gasteiger partial charge on any atom is 0.407 e. The van der Waals surface area contributed by atoms with Crippen molar-refractivity contribution in [3.8, 4) is 0 Å². The lowest BCUT2D eigenvalue weighted by atomic mass is 10.4. The Hall–Kier alpha value is -1.07. The number of carbonyl (C=O) groups is 1. The number of rotatable bonds is 1. The maximum atomic E-state index is 11.6. The van der Waals surface area contributed by atoms with Crippen LogP contribution in [0.4, 0.5) is 13.2 Å². The van der Waals surface area contributed by atoms with Gasteiger partial charge in [0.05, 0.1) is 0 Å². The summed E-state index contributed by atoms with van der Waals surface area (Å²) in [6, 6.07) is 0. The van der Waals surface area contributed by atoms with E-state index < -0.39 is 18.5 Å². The van der Waals surface area contributed by atoms with Crippen molar-refractivity contribution in [2.45, 2.75) is 6.18 Å². The van der Waals surface area contributed by atoms with E-state index in [0.29, 0.717) is 5.01 Å². The lowest BCUT2D eigenvalue weighted by Crippen LogP contribution is -2.27. The Labute approximate surface area is 60.5 Å². The van der Waals surface area contributed by atoms with Crippen molar-refractivity contribution in [2.24, 2.45) is 5.10 Å². The van der Waals surface area contributed by atoms with Crippen LogP contribution in [-0.4, -0.2) is 29.7 Å². The summed E-state index contributed by atoms with van der Waals surface area (Å²) in [6.07, 6.45) is -2.58. The predicted molar refractivity (Wildman–Crippen MR) is 28.4 cm³/mol. The Morgan fingerprint density at radius 1 is 1.55 bits per heavy atom. The molecule has 0 spiro atoms. The molecule has 59 valence electrons. The van der Waals surface area contributed by atoms with Crippen LogP contribution in [0.1, 0.15) is 0 Å². The molecule has 0 bridgehead atoms. The van der Waals surface area contributed by atoms with Crippen LogP contribution in [0.25, 0.3) is 0 Å². The van der Waals surface area contributed by atoms with Gasteiger partial charge in [-0.15, -0.1) is 0 Å². The summed E-state index contributed by atoms with van der Waals surface area (Å²) in [6.45, 7) is 0.507. The van der Waals surface area contributed by atoms with Gasteiger partial charge in [0.15, 0.2) is 12.8 Å². The molecule has 0 saturated heterocycles. The first kappa shape index (κ1) is 8.03. The van der Waals surface area contributed by atoms with Crippen molar-refractivity contribution >= 4 is 12.0 Å². The first-order valence-electron chi connectivity index (χ1n) is 2.59. The van der Waals surface area contributed by atoms with Crippen LogP contribution in [0.15, 0.2) is 5.10 Å². The molecular weight excluding hydrogens is 161 g/mol. The topological polar surface area (TPSA) is 32.7 Å². The molecule has 0 aromatic carbocycles. The largest absolute Gasteiger partial charge is 0.407 e. The Kier molecular flexibility index (Phi) is 1.84. The second-order valence-corrected chi connectivity index (χ2v) is 1.83. The van der Waals surface area contributed by atoms with Crippen LogP contribution in [-0.2, 0) is 4.79 Å². The Balaban J connectivity index is 2.42. The van der Waals surface area contributed by atoms with Gasteiger partial charge in [-0.05, 0) is 0 Å². The molecule has 1 aliphatic rings. The van der Waals surface area contributed by atoms with Gasteiger partial charge in [-0.3, -0.25) is 9.80 Å². The average Bonchev–Trinajstić information content (AvgIpc) is 2.10. The van der Waals surface area contributed by atoms with E-state index >= 15 is 0 Å². The van der Waals surface area contributed by atoms with Crippen LogP contribution >= 0.6 is 0 Å². The van der Waals surface area contributed by atoms with Crippen molar-refractivity contribution < 1.29 is 18.0 Å². The number of hydrogen-bond donors (Lipinski definition) is 0. The van der Waals surface area contributed by atoms with Crippen LogP contribution in [0.3, 0.4) is 0 Å². The van der Waals surface area contributed by atoms with Crippen LogP contribution in [0.5, 0.6) is 0 Å². The zero-order valence-corrected chi connectivity index (χ0v) is 5.14. The van der Waals surface area contributed by atoms with Crippen molar-refractivity contribution in [2.75, 3.05) is 6.54 Å². The highest BCUT2D eigenvalue weighted by atomic mass is 19.4. The van der Waals surface area contributed by atoms with Crippen LogP contribution in [0.2, 0.25) is 0 Å². The van der Waals surface area contributed by atoms with Gasteiger partial charge in [0, 0.05) is 0 Å². The average molecular weight is 163 g/mol. The van der Waals surface area contributed by atoms with Gasteiger partial charge in [0.1, 0.15) is 6.54 Å². The fraction of sp³-hybridized carbons (Fsp3) is 0.400. The van der Waals surface area contributed by atoms with E-state index in [1.165, 1.54) is 0 Å². The Bertz CT molecular complexity index is 198. The molecular formula is C5H2F3N2O. The number of hydrazone groups is 1. The predicted octanol–water partition coefficient (Wildman–Crippen LogP) is 0.335. The number of carbonyl (C=O) groups excluding carboxylic acids is 1. The standard InChI is InChI=1S/C5H2F3N2O/c6-5(7,8)3-10-2-4(11)1-9-10/h3H2. The molecule has 0 saturated carbocycles. The summed E-state index contributed by atoms with van der Waals surface area (Å²) in [7, 11) is 0. The van der Waals surface area contributed by atoms with Crippen LogP contribution < -0.4 is 0 Å². The zero-order valence-electron chi connectivity index (χ0n) is 5.14. The van der Waals surface area contributed by atoms with Crippen molar-refractivity contribution in [1.29, 1.82) is 0 Å². The van der Waals surface area contributed by atoms with Gasteiger partial charge in [0.2, 0.25) is 5.78 Å². The number of nitrogens with zero attached hydrogens (tertiary/aromatic N) is 2. The quantitative estimate of drug-likeness (QED) is 0.558. The van der Waals surface area contributed by atoms with E-state index in [0.717, 1.165) is 0 Å². The minimum atomic E-state index is -4.37. The van der Waals surface area contributed by atoms with E-state index in [-0.39, 0.29) is 0 Å². The molecule has 6 heteroatoms. The second-order valence-electron chi connectivity index (χ2n) is 1.83. The maximum absolute atomic E-state index is 11.6. The number of Topliss-reactive ketones (excluding diaryl/α,β-unsaturated/α-hetero) is 1. The lowest BCUT2D eigenvalue weighted by Gasteiger charge is -2.12. The molecule has 1 aliphatic heterocycles. The Morgan fingerprint density at radius 3 is 2.55 bits per heavy atom. The number of halogens is 3. The molecule has 0 aromatic heterocycles. The van der Waals surface area contributed by atoms with Gasteiger partial charge in [0.25, 0.3) is 0 Å². The summed E-state index contributed by atoms with van der Waals surface area (Å²) in [5.41, 5.74) is 0. The Morgan fingerprint density at radius 2 is 2.18 bits per heavy atom. The molecule has 11 heavy (non-hydrogen) atoms. The third-order valence-corrected chi connectivity index (χ3v) is 0.832.